The Morgan fingerprint density at radius 1 is 1.22 bits per heavy atom. The summed E-state index contributed by atoms with van der Waals surface area (Å²) in [6.45, 7) is 0.941. The molecule has 1 aromatic carbocycles. The van der Waals surface area contributed by atoms with E-state index in [0.717, 1.165) is 5.56 Å². The molecule has 1 nitrogen and oxygen atoms in total. The van der Waals surface area contributed by atoms with Gasteiger partial charge in [-0.25, -0.2) is 0 Å². The van der Waals surface area contributed by atoms with Gasteiger partial charge in [0.05, 0.1) is 0 Å². The third-order valence-corrected chi connectivity index (χ3v) is 4.03. The normalized spacial score (nSPS) is 15.4. The maximum absolute atomic E-state index is 11.9. The maximum atomic E-state index is 11.9. The first kappa shape index (κ1) is 15.5. The van der Waals surface area contributed by atoms with E-state index >= 15 is 0 Å². The monoisotopic (exact) mass is 324 g/mol. The zero-order chi connectivity index (χ0) is 13.6. The summed E-state index contributed by atoms with van der Waals surface area (Å²) in [6, 6.07) is 9.80. The molecule has 18 heavy (non-hydrogen) atoms. The summed E-state index contributed by atoms with van der Waals surface area (Å²) in [5.74, 6) is 0.209. The van der Waals surface area contributed by atoms with E-state index in [2.05, 4.69) is 20.7 Å². The van der Waals surface area contributed by atoms with Gasteiger partial charge in [0.2, 0.25) is 0 Å². The minimum absolute atomic E-state index is 0.121. The van der Waals surface area contributed by atoms with Crippen LogP contribution in [0.3, 0.4) is 0 Å². The molecule has 0 saturated heterocycles. The van der Waals surface area contributed by atoms with Crippen LogP contribution in [0.4, 0.5) is 13.2 Å². The van der Waals surface area contributed by atoms with Crippen LogP contribution >= 0.6 is 15.9 Å². The van der Waals surface area contributed by atoms with Gasteiger partial charge in [-0.15, -0.1) is 0 Å². The fourth-order valence-electron chi connectivity index (χ4n) is 1.57. The summed E-state index contributed by atoms with van der Waals surface area (Å²) >= 11 is 3.57. The summed E-state index contributed by atoms with van der Waals surface area (Å²) < 4.78 is 40.2. The van der Waals surface area contributed by atoms with Crippen molar-refractivity contribution in [1.82, 2.24) is 0 Å². The van der Waals surface area contributed by atoms with Gasteiger partial charge in [-0.3, -0.25) is 0 Å². The van der Waals surface area contributed by atoms with Gasteiger partial charge < -0.3 is 4.74 Å². The molecule has 0 spiro atoms. The molecule has 0 aliphatic heterocycles. The van der Waals surface area contributed by atoms with Gasteiger partial charge in [0.25, 0.3) is 0 Å². The molecular formula is C13H16BrF3O. The summed E-state index contributed by atoms with van der Waals surface area (Å²) in [7, 11) is 0. The minimum Gasteiger partial charge on any atom is -0.372 e. The van der Waals surface area contributed by atoms with Gasteiger partial charge in [-0.1, -0.05) is 53.2 Å². The number of hydrogen-bond donors (Lipinski definition) is 0. The number of halogens is 4. The van der Waals surface area contributed by atoms with Crippen LogP contribution in [-0.2, 0) is 4.74 Å². The van der Waals surface area contributed by atoms with E-state index in [1.807, 2.05) is 37.3 Å². The Bertz CT molecular complexity index is 340. The second kappa shape index (κ2) is 7.14. The van der Waals surface area contributed by atoms with E-state index in [4.69, 9.17) is 0 Å². The van der Waals surface area contributed by atoms with Crippen LogP contribution in [0.25, 0.3) is 0 Å². The standard InChI is InChI=1S/C13H16BrF3O/c1-10(7-8-18-9-13(15,16)17)12(14)11-5-3-2-4-6-11/h2-6,10,12H,7-9H2,1H3. The van der Waals surface area contributed by atoms with Gasteiger partial charge >= 0.3 is 6.18 Å². The number of rotatable bonds is 6. The Balaban J connectivity index is 2.31. The highest BCUT2D eigenvalue weighted by Gasteiger charge is 2.27. The highest BCUT2D eigenvalue weighted by molar-refractivity contribution is 9.09. The molecule has 0 radical (unpaired) electrons. The van der Waals surface area contributed by atoms with Crippen molar-refractivity contribution < 1.29 is 17.9 Å². The predicted octanol–water partition coefficient (Wildman–Crippen LogP) is 4.73. The molecule has 102 valence electrons. The van der Waals surface area contributed by atoms with Crippen LogP contribution in [0.1, 0.15) is 23.7 Å². The van der Waals surface area contributed by atoms with Crippen LogP contribution in [0, 0.1) is 5.92 Å². The molecule has 2 atom stereocenters. The number of ether oxygens (including phenoxy) is 1. The molecule has 0 N–H and O–H groups in total. The van der Waals surface area contributed by atoms with Crippen molar-refractivity contribution in [3.05, 3.63) is 35.9 Å². The topological polar surface area (TPSA) is 9.23 Å². The van der Waals surface area contributed by atoms with E-state index < -0.39 is 12.8 Å². The lowest BCUT2D eigenvalue weighted by Gasteiger charge is -2.19. The zero-order valence-corrected chi connectivity index (χ0v) is 11.7. The molecule has 1 aromatic rings. The van der Waals surface area contributed by atoms with E-state index in [-0.39, 0.29) is 17.4 Å². The largest absolute Gasteiger partial charge is 0.411 e. The Labute approximate surface area is 113 Å². The number of benzene rings is 1. The van der Waals surface area contributed by atoms with Gasteiger partial charge in [-0.05, 0) is 17.9 Å². The first-order valence-electron chi connectivity index (χ1n) is 5.73. The van der Waals surface area contributed by atoms with Crippen molar-refractivity contribution in [2.45, 2.75) is 24.3 Å². The lowest BCUT2D eigenvalue weighted by Crippen LogP contribution is -2.18. The molecule has 2 unspecified atom stereocenters. The summed E-state index contributed by atoms with van der Waals surface area (Å²) in [5.41, 5.74) is 1.13. The lowest BCUT2D eigenvalue weighted by atomic mass is 9.98. The highest BCUT2D eigenvalue weighted by Crippen LogP contribution is 2.32. The molecule has 0 fully saturated rings. The smallest absolute Gasteiger partial charge is 0.372 e. The quantitative estimate of drug-likeness (QED) is 0.543. The average Bonchev–Trinajstić information content (AvgIpc) is 2.33. The first-order chi connectivity index (χ1) is 8.40. The molecule has 1 rings (SSSR count). The van der Waals surface area contributed by atoms with Crippen molar-refractivity contribution in [3.63, 3.8) is 0 Å². The molecule has 0 bridgehead atoms. The van der Waals surface area contributed by atoms with Crippen molar-refractivity contribution in [2.24, 2.45) is 5.92 Å². The van der Waals surface area contributed by atoms with E-state index in [1.165, 1.54) is 0 Å². The summed E-state index contributed by atoms with van der Waals surface area (Å²) in [6.07, 6.45) is -3.66. The van der Waals surface area contributed by atoms with Crippen LogP contribution in [0.2, 0.25) is 0 Å². The zero-order valence-electron chi connectivity index (χ0n) is 10.1. The van der Waals surface area contributed by atoms with Crippen molar-refractivity contribution in [2.75, 3.05) is 13.2 Å². The molecule has 0 aliphatic rings. The number of alkyl halides is 4. The van der Waals surface area contributed by atoms with Crippen molar-refractivity contribution >= 4 is 15.9 Å². The molecule has 0 aromatic heterocycles. The molecule has 0 amide bonds. The summed E-state index contributed by atoms with van der Waals surface area (Å²) in [4.78, 5) is 0.133. The highest BCUT2D eigenvalue weighted by atomic mass is 79.9. The lowest BCUT2D eigenvalue weighted by molar-refractivity contribution is -0.174. The molecule has 0 heterocycles. The molecular weight excluding hydrogens is 309 g/mol. The second-order valence-corrected chi connectivity index (χ2v) is 5.23. The fraction of sp³-hybridized carbons (Fsp3) is 0.538. The average molecular weight is 325 g/mol. The van der Waals surface area contributed by atoms with Crippen molar-refractivity contribution in [3.8, 4) is 0 Å². The third kappa shape index (κ3) is 5.87. The molecule has 0 aliphatic carbocycles. The van der Waals surface area contributed by atoms with Crippen LogP contribution in [-0.4, -0.2) is 19.4 Å². The van der Waals surface area contributed by atoms with Gasteiger partial charge in [0.1, 0.15) is 6.61 Å². The van der Waals surface area contributed by atoms with E-state index in [1.54, 1.807) is 0 Å². The minimum atomic E-state index is -4.24. The van der Waals surface area contributed by atoms with E-state index in [0.29, 0.717) is 6.42 Å². The Kier molecular flexibility index (Phi) is 6.15. The fourth-order valence-corrected chi connectivity index (χ4v) is 2.14. The van der Waals surface area contributed by atoms with Crippen LogP contribution in [0.15, 0.2) is 30.3 Å². The van der Waals surface area contributed by atoms with E-state index in [9.17, 15) is 13.2 Å². The molecule has 5 heteroatoms. The van der Waals surface area contributed by atoms with Gasteiger partial charge in [0, 0.05) is 11.4 Å². The Morgan fingerprint density at radius 2 is 1.83 bits per heavy atom. The summed E-state index contributed by atoms with van der Waals surface area (Å²) in [5, 5.41) is 0. The first-order valence-corrected chi connectivity index (χ1v) is 6.65. The van der Waals surface area contributed by atoms with Crippen molar-refractivity contribution in [1.29, 1.82) is 0 Å². The number of hydrogen-bond acceptors (Lipinski definition) is 1. The third-order valence-electron chi connectivity index (χ3n) is 2.60. The van der Waals surface area contributed by atoms with Gasteiger partial charge in [0.15, 0.2) is 0 Å². The van der Waals surface area contributed by atoms with Crippen LogP contribution < -0.4 is 0 Å². The SMILES string of the molecule is CC(CCOCC(F)(F)F)C(Br)c1ccccc1. The second-order valence-electron chi connectivity index (χ2n) is 4.25. The maximum Gasteiger partial charge on any atom is 0.411 e. The van der Waals surface area contributed by atoms with Gasteiger partial charge in [-0.2, -0.15) is 13.2 Å². The predicted molar refractivity (Wildman–Crippen MR) is 68.8 cm³/mol. The molecule has 0 saturated carbocycles. The Morgan fingerprint density at radius 3 is 2.39 bits per heavy atom. The Hall–Kier alpha value is -0.550. The van der Waals surface area contributed by atoms with Crippen LogP contribution in [0.5, 0.6) is 0 Å².